The molecule has 0 atom stereocenters. The molecule has 2 N–H and O–H groups in total. The van der Waals surface area contributed by atoms with Crippen LogP contribution in [0.25, 0.3) is 22.1 Å². The molecule has 7 nitrogen and oxygen atoms in total. The van der Waals surface area contributed by atoms with E-state index >= 15 is 0 Å². The number of aromatic nitrogens is 3. The highest BCUT2D eigenvalue weighted by Gasteiger charge is 2.15. The fourth-order valence-electron chi connectivity index (χ4n) is 2.65. The molecule has 0 fully saturated rings. The molecule has 1 amide bonds. The Labute approximate surface area is 142 Å². The minimum absolute atomic E-state index is 0.0787. The summed E-state index contributed by atoms with van der Waals surface area (Å²) in [5.41, 5.74) is 8.68. The molecule has 4 aromatic rings. The molecular weight excluding hydrogens is 320 g/mol. The fraction of sp³-hybridized carbons (Fsp3) is 0.111. The third-order valence-electron chi connectivity index (χ3n) is 3.80. The Kier molecular flexibility index (Phi) is 3.74. The van der Waals surface area contributed by atoms with E-state index in [2.05, 4.69) is 15.4 Å². The average molecular weight is 334 g/mol. The molecule has 2 heterocycles. The van der Waals surface area contributed by atoms with Gasteiger partial charge in [-0.1, -0.05) is 41.6 Å². The van der Waals surface area contributed by atoms with Crippen molar-refractivity contribution < 1.29 is 13.7 Å². The van der Waals surface area contributed by atoms with Gasteiger partial charge in [-0.05, 0) is 23.3 Å². The van der Waals surface area contributed by atoms with Crippen LogP contribution < -0.4 is 5.73 Å². The lowest BCUT2D eigenvalue weighted by Crippen LogP contribution is -2.13. The standard InChI is InChI=1S/C18H14N4O3/c19-16(23)10-18-21-20-17(24-18)9-14-13-8-12(6-7-15(13)25-22-14)11-4-2-1-3-5-11/h1-8H,9-10H2,(H2,19,23). The number of nitrogens with two attached hydrogens (primary N) is 1. The number of benzene rings is 2. The van der Waals surface area contributed by atoms with Crippen LogP contribution in [0.5, 0.6) is 0 Å². The average Bonchev–Trinajstić information content (AvgIpc) is 3.22. The predicted molar refractivity (Wildman–Crippen MR) is 89.4 cm³/mol. The molecule has 0 radical (unpaired) electrons. The van der Waals surface area contributed by atoms with Gasteiger partial charge in [-0.15, -0.1) is 10.2 Å². The van der Waals surface area contributed by atoms with E-state index in [0.717, 1.165) is 16.5 Å². The first kappa shape index (κ1) is 15.1. The minimum atomic E-state index is -0.519. The zero-order valence-corrected chi connectivity index (χ0v) is 13.2. The van der Waals surface area contributed by atoms with E-state index in [4.69, 9.17) is 14.7 Å². The number of carbonyl (C=O) groups excluding carboxylic acids is 1. The number of fused-ring (bicyclic) bond motifs is 1. The monoisotopic (exact) mass is 334 g/mol. The third-order valence-corrected chi connectivity index (χ3v) is 3.80. The Bertz CT molecular complexity index is 1040. The van der Waals surface area contributed by atoms with Crippen LogP contribution in [0, 0.1) is 0 Å². The lowest BCUT2D eigenvalue weighted by molar-refractivity contribution is -0.117. The van der Waals surface area contributed by atoms with Crippen molar-refractivity contribution in [2.45, 2.75) is 12.8 Å². The summed E-state index contributed by atoms with van der Waals surface area (Å²) in [5, 5.41) is 12.7. The van der Waals surface area contributed by atoms with Gasteiger partial charge in [0.2, 0.25) is 17.7 Å². The molecule has 4 rings (SSSR count). The largest absolute Gasteiger partial charge is 0.424 e. The number of carbonyl (C=O) groups is 1. The second-order valence-corrected chi connectivity index (χ2v) is 5.62. The zero-order chi connectivity index (χ0) is 17.2. The molecule has 2 aromatic heterocycles. The number of nitrogens with zero attached hydrogens (tertiary/aromatic N) is 3. The van der Waals surface area contributed by atoms with Crippen LogP contribution in [0.1, 0.15) is 17.5 Å². The molecule has 0 saturated heterocycles. The Hall–Kier alpha value is -3.48. The van der Waals surface area contributed by atoms with Gasteiger partial charge in [0.1, 0.15) is 12.1 Å². The summed E-state index contributed by atoms with van der Waals surface area (Å²) < 4.78 is 10.8. The van der Waals surface area contributed by atoms with Crippen molar-refractivity contribution in [3.8, 4) is 11.1 Å². The van der Waals surface area contributed by atoms with E-state index in [9.17, 15) is 4.79 Å². The lowest BCUT2D eigenvalue weighted by atomic mass is 10.0. The van der Waals surface area contributed by atoms with E-state index in [1.165, 1.54) is 0 Å². The summed E-state index contributed by atoms with van der Waals surface area (Å²) in [4.78, 5) is 10.9. The molecular formula is C18H14N4O3. The molecule has 2 aromatic carbocycles. The molecule has 124 valence electrons. The molecule has 0 spiro atoms. The maximum absolute atomic E-state index is 10.9. The number of hydrogen-bond acceptors (Lipinski definition) is 6. The van der Waals surface area contributed by atoms with Crippen molar-refractivity contribution in [2.75, 3.05) is 0 Å². The number of amides is 1. The van der Waals surface area contributed by atoms with Gasteiger partial charge >= 0.3 is 0 Å². The zero-order valence-electron chi connectivity index (χ0n) is 13.2. The van der Waals surface area contributed by atoms with Crippen molar-refractivity contribution in [1.82, 2.24) is 15.4 Å². The van der Waals surface area contributed by atoms with E-state index in [1.54, 1.807) is 0 Å². The van der Waals surface area contributed by atoms with Crippen LogP contribution in [0.4, 0.5) is 0 Å². The summed E-state index contributed by atoms with van der Waals surface area (Å²) in [6.45, 7) is 0. The Morgan fingerprint density at radius 2 is 1.80 bits per heavy atom. The molecule has 0 aliphatic heterocycles. The molecule has 0 bridgehead atoms. The van der Waals surface area contributed by atoms with Gasteiger partial charge in [0, 0.05) is 5.39 Å². The molecule has 0 aliphatic rings. The van der Waals surface area contributed by atoms with Crippen LogP contribution in [0.2, 0.25) is 0 Å². The number of rotatable bonds is 5. The normalized spacial score (nSPS) is 11.0. The van der Waals surface area contributed by atoms with Crippen molar-refractivity contribution in [1.29, 1.82) is 0 Å². The lowest BCUT2D eigenvalue weighted by Gasteiger charge is -2.01. The third kappa shape index (κ3) is 3.12. The van der Waals surface area contributed by atoms with Gasteiger partial charge in [-0.3, -0.25) is 4.79 Å². The maximum atomic E-state index is 10.9. The Balaban J connectivity index is 1.66. The van der Waals surface area contributed by atoms with Crippen molar-refractivity contribution in [3.05, 3.63) is 66.0 Å². The predicted octanol–water partition coefficient (Wildman–Crippen LogP) is 2.50. The first-order valence-electron chi connectivity index (χ1n) is 7.72. The second-order valence-electron chi connectivity index (χ2n) is 5.62. The fourth-order valence-corrected chi connectivity index (χ4v) is 2.65. The van der Waals surface area contributed by atoms with Crippen molar-refractivity contribution in [2.24, 2.45) is 5.73 Å². The summed E-state index contributed by atoms with van der Waals surface area (Å²) in [5.74, 6) is 0.0337. The topological polar surface area (TPSA) is 108 Å². The Morgan fingerprint density at radius 1 is 1.00 bits per heavy atom. The van der Waals surface area contributed by atoms with Crippen LogP contribution in [-0.4, -0.2) is 21.3 Å². The first-order chi connectivity index (χ1) is 12.2. The number of primary amides is 1. The summed E-state index contributed by atoms with van der Waals surface area (Å²) >= 11 is 0. The van der Waals surface area contributed by atoms with Gasteiger partial charge in [0.25, 0.3) is 0 Å². The highest BCUT2D eigenvalue weighted by atomic mass is 16.5. The van der Waals surface area contributed by atoms with Crippen LogP contribution in [0.3, 0.4) is 0 Å². The van der Waals surface area contributed by atoms with E-state index in [-0.39, 0.29) is 12.3 Å². The molecule has 0 saturated carbocycles. The highest BCUT2D eigenvalue weighted by molar-refractivity contribution is 5.85. The quantitative estimate of drug-likeness (QED) is 0.601. The van der Waals surface area contributed by atoms with E-state index < -0.39 is 5.91 Å². The van der Waals surface area contributed by atoms with Crippen LogP contribution in [0.15, 0.2) is 57.5 Å². The van der Waals surface area contributed by atoms with E-state index in [0.29, 0.717) is 23.6 Å². The molecule has 0 aliphatic carbocycles. The summed E-state index contributed by atoms with van der Waals surface area (Å²) in [7, 11) is 0. The minimum Gasteiger partial charge on any atom is -0.424 e. The van der Waals surface area contributed by atoms with Gasteiger partial charge in [0.05, 0.1) is 6.42 Å². The van der Waals surface area contributed by atoms with Gasteiger partial charge in [-0.2, -0.15) is 0 Å². The van der Waals surface area contributed by atoms with Gasteiger partial charge < -0.3 is 14.7 Å². The van der Waals surface area contributed by atoms with Gasteiger partial charge in [-0.25, -0.2) is 0 Å². The summed E-state index contributed by atoms with van der Waals surface area (Å²) in [6.07, 6.45) is 0.238. The first-order valence-corrected chi connectivity index (χ1v) is 7.72. The number of hydrogen-bond donors (Lipinski definition) is 1. The highest BCUT2D eigenvalue weighted by Crippen LogP contribution is 2.27. The Morgan fingerprint density at radius 3 is 2.60 bits per heavy atom. The SMILES string of the molecule is NC(=O)Cc1nnc(Cc2noc3ccc(-c4ccccc4)cc23)o1. The molecule has 7 heteroatoms. The van der Waals surface area contributed by atoms with Gasteiger partial charge in [0.15, 0.2) is 5.58 Å². The van der Waals surface area contributed by atoms with Crippen LogP contribution in [-0.2, 0) is 17.6 Å². The second kappa shape index (κ2) is 6.20. The summed E-state index contributed by atoms with van der Waals surface area (Å²) in [6, 6.07) is 16.0. The maximum Gasteiger partial charge on any atom is 0.226 e. The van der Waals surface area contributed by atoms with E-state index in [1.807, 2.05) is 48.5 Å². The molecule has 0 unspecified atom stereocenters. The molecule has 25 heavy (non-hydrogen) atoms. The smallest absolute Gasteiger partial charge is 0.226 e. The van der Waals surface area contributed by atoms with Crippen LogP contribution >= 0.6 is 0 Å². The van der Waals surface area contributed by atoms with Crippen molar-refractivity contribution in [3.63, 3.8) is 0 Å². The van der Waals surface area contributed by atoms with Crippen molar-refractivity contribution >= 4 is 16.9 Å².